The van der Waals surface area contributed by atoms with Crippen molar-refractivity contribution in [1.29, 1.82) is 0 Å². The summed E-state index contributed by atoms with van der Waals surface area (Å²) >= 11 is 0. The molecule has 0 saturated carbocycles. The van der Waals surface area contributed by atoms with Crippen LogP contribution in [0.25, 0.3) is 17.0 Å². The Bertz CT molecular complexity index is 854. The monoisotopic (exact) mass is 307 g/mol. The number of alkyl halides is 3. The maximum absolute atomic E-state index is 12.6. The molecule has 3 aromatic rings. The summed E-state index contributed by atoms with van der Waals surface area (Å²) in [5.74, 6) is -0.846. The van der Waals surface area contributed by atoms with E-state index in [0.29, 0.717) is 11.2 Å². The Morgan fingerprint density at radius 3 is 2.32 bits per heavy atom. The van der Waals surface area contributed by atoms with Gasteiger partial charge in [0.15, 0.2) is 11.5 Å². The Morgan fingerprint density at radius 1 is 1.05 bits per heavy atom. The lowest BCUT2D eigenvalue weighted by Gasteiger charge is -2.07. The van der Waals surface area contributed by atoms with Crippen molar-refractivity contribution in [2.45, 2.75) is 6.18 Å². The highest BCUT2D eigenvalue weighted by molar-refractivity contribution is 5.87. The molecule has 8 heteroatoms. The highest BCUT2D eigenvalue weighted by Gasteiger charge is 2.30. The van der Waals surface area contributed by atoms with E-state index in [1.54, 1.807) is 0 Å². The molecule has 2 heterocycles. The number of hydrogen-bond acceptors (Lipinski definition) is 3. The number of rotatable bonds is 2. The minimum atomic E-state index is -4.41. The van der Waals surface area contributed by atoms with E-state index in [0.717, 1.165) is 12.1 Å². The molecule has 5 nitrogen and oxygen atoms in total. The van der Waals surface area contributed by atoms with Crippen LogP contribution in [0.1, 0.15) is 15.9 Å². The molecule has 22 heavy (non-hydrogen) atoms. The Morgan fingerprint density at radius 2 is 1.73 bits per heavy atom. The topological polar surface area (TPSA) is 67.5 Å². The predicted molar refractivity (Wildman–Crippen MR) is 70.4 cm³/mol. The molecular formula is C14H8F3N3O2. The average Bonchev–Trinajstić information content (AvgIpc) is 2.89. The minimum Gasteiger partial charge on any atom is -0.478 e. The number of aromatic nitrogens is 3. The van der Waals surface area contributed by atoms with E-state index < -0.39 is 17.7 Å². The number of nitrogens with zero attached hydrogens (tertiary/aromatic N) is 3. The van der Waals surface area contributed by atoms with Crippen LogP contribution in [0, 0.1) is 0 Å². The van der Waals surface area contributed by atoms with Crippen molar-refractivity contribution in [2.24, 2.45) is 0 Å². The van der Waals surface area contributed by atoms with Gasteiger partial charge in [-0.1, -0.05) is 12.1 Å². The van der Waals surface area contributed by atoms with Crippen LogP contribution in [0.3, 0.4) is 0 Å². The molecule has 0 atom stereocenters. The average molecular weight is 307 g/mol. The molecule has 2 aromatic heterocycles. The lowest BCUT2D eigenvalue weighted by atomic mass is 10.1. The zero-order valence-corrected chi connectivity index (χ0v) is 10.9. The fourth-order valence-corrected chi connectivity index (χ4v) is 2.02. The van der Waals surface area contributed by atoms with Crippen molar-refractivity contribution < 1.29 is 23.1 Å². The highest BCUT2D eigenvalue weighted by Crippen LogP contribution is 2.30. The fraction of sp³-hybridized carbons (Fsp3) is 0.0714. The van der Waals surface area contributed by atoms with Crippen molar-refractivity contribution in [3.8, 4) is 11.4 Å². The molecule has 1 N–H and O–H groups in total. The number of halogens is 3. The largest absolute Gasteiger partial charge is 0.478 e. The van der Waals surface area contributed by atoms with Crippen molar-refractivity contribution in [3.63, 3.8) is 0 Å². The van der Waals surface area contributed by atoms with Crippen LogP contribution >= 0.6 is 0 Å². The van der Waals surface area contributed by atoms with E-state index in [4.69, 9.17) is 5.11 Å². The van der Waals surface area contributed by atoms with Gasteiger partial charge in [-0.3, -0.25) is 4.40 Å². The summed E-state index contributed by atoms with van der Waals surface area (Å²) in [5, 5.41) is 16.8. The second-order valence-corrected chi connectivity index (χ2v) is 4.55. The van der Waals surface area contributed by atoms with Gasteiger partial charge in [0.1, 0.15) is 0 Å². The summed E-state index contributed by atoms with van der Waals surface area (Å²) < 4.78 is 39.1. The van der Waals surface area contributed by atoms with E-state index in [1.807, 2.05) is 0 Å². The van der Waals surface area contributed by atoms with Crippen molar-refractivity contribution in [3.05, 3.63) is 53.7 Å². The number of carboxylic acids is 1. The van der Waals surface area contributed by atoms with E-state index in [-0.39, 0.29) is 11.4 Å². The van der Waals surface area contributed by atoms with Gasteiger partial charge in [-0.15, -0.1) is 10.2 Å². The first kappa shape index (κ1) is 14.1. The SMILES string of the molecule is O=C(O)c1ccc2nnc(-c3ccc(C(F)(F)F)cc3)n2c1. The molecule has 0 unspecified atom stereocenters. The predicted octanol–water partition coefficient (Wildman–Crippen LogP) is 3.11. The normalized spacial score (nSPS) is 11.8. The highest BCUT2D eigenvalue weighted by atomic mass is 19.4. The molecule has 1 aromatic carbocycles. The molecule has 0 aliphatic carbocycles. The van der Waals surface area contributed by atoms with Crippen molar-refractivity contribution in [1.82, 2.24) is 14.6 Å². The fourth-order valence-electron chi connectivity index (χ4n) is 2.02. The Labute approximate surface area is 121 Å². The molecule has 0 amide bonds. The molecule has 0 radical (unpaired) electrons. The Kier molecular flexibility index (Phi) is 3.09. The second kappa shape index (κ2) is 4.83. The number of fused-ring (bicyclic) bond motifs is 1. The summed E-state index contributed by atoms with van der Waals surface area (Å²) in [5.41, 5.74) is 0.0692. The van der Waals surface area contributed by atoms with E-state index in [9.17, 15) is 18.0 Å². The van der Waals surface area contributed by atoms with Gasteiger partial charge in [0.2, 0.25) is 0 Å². The molecule has 0 aliphatic heterocycles. The van der Waals surface area contributed by atoms with Gasteiger partial charge in [-0.2, -0.15) is 13.2 Å². The smallest absolute Gasteiger partial charge is 0.416 e. The standard InChI is InChI=1S/C14H8F3N3O2/c15-14(16,17)10-4-1-8(2-5-10)12-19-18-11-6-3-9(13(21)22)7-20(11)12/h1-7H,(H,21,22). The van der Waals surface area contributed by atoms with Crippen LogP contribution in [0.2, 0.25) is 0 Å². The van der Waals surface area contributed by atoms with E-state index in [1.165, 1.54) is 34.9 Å². The molecule has 0 fully saturated rings. The van der Waals surface area contributed by atoms with Gasteiger partial charge in [0.05, 0.1) is 11.1 Å². The minimum absolute atomic E-state index is 0.0282. The van der Waals surface area contributed by atoms with Gasteiger partial charge < -0.3 is 5.11 Å². The third-order valence-electron chi connectivity index (χ3n) is 3.12. The first-order valence-corrected chi connectivity index (χ1v) is 6.12. The van der Waals surface area contributed by atoms with Gasteiger partial charge in [-0.25, -0.2) is 4.79 Å². The van der Waals surface area contributed by atoms with Gasteiger partial charge in [0.25, 0.3) is 0 Å². The lowest BCUT2D eigenvalue weighted by molar-refractivity contribution is -0.137. The van der Waals surface area contributed by atoms with E-state index in [2.05, 4.69) is 10.2 Å². The van der Waals surface area contributed by atoms with Gasteiger partial charge in [-0.05, 0) is 24.3 Å². The molecule has 0 aliphatic rings. The van der Waals surface area contributed by atoms with Crippen LogP contribution in [0.15, 0.2) is 42.6 Å². The quantitative estimate of drug-likeness (QED) is 0.790. The van der Waals surface area contributed by atoms with Crippen LogP contribution in [0.5, 0.6) is 0 Å². The number of hydrogen-bond donors (Lipinski definition) is 1. The molecule has 0 bridgehead atoms. The zero-order chi connectivity index (χ0) is 15.9. The van der Waals surface area contributed by atoms with Crippen LogP contribution in [-0.2, 0) is 6.18 Å². The van der Waals surface area contributed by atoms with Crippen LogP contribution in [0.4, 0.5) is 13.2 Å². The van der Waals surface area contributed by atoms with Gasteiger partial charge >= 0.3 is 12.1 Å². The molecule has 3 rings (SSSR count). The second-order valence-electron chi connectivity index (χ2n) is 4.55. The van der Waals surface area contributed by atoms with Crippen molar-refractivity contribution in [2.75, 3.05) is 0 Å². The van der Waals surface area contributed by atoms with Gasteiger partial charge in [0, 0.05) is 11.8 Å². The first-order chi connectivity index (χ1) is 10.4. The van der Waals surface area contributed by atoms with E-state index >= 15 is 0 Å². The number of pyridine rings is 1. The summed E-state index contributed by atoms with van der Waals surface area (Å²) in [6, 6.07) is 7.28. The zero-order valence-electron chi connectivity index (χ0n) is 10.9. The first-order valence-electron chi connectivity index (χ1n) is 6.12. The third kappa shape index (κ3) is 2.39. The molecular weight excluding hydrogens is 299 g/mol. The maximum atomic E-state index is 12.6. The molecule has 112 valence electrons. The molecule has 0 spiro atoms. The van der Waals surface area contributed by atoms with Crippen molar-refractivity contribution >= 4 is 11.6 Å². The Hall–Kier alpha value is -2.90. The summed E-state index contributed by atoms with van der Waals surface area (Å²) in [4.78, 5) is 11.0. The number of aromatic carboxylic acids is 1. The summed E-state index contributed by atoms with van der Waals surface area (Å²) in [6.07, 6.45) is -3.09. The summed E-state index contributed by atoms with van der Waals surface area (Å²) in [7, 11) is 0. The number of benzene rings is 1. The van der Waals surface area contributed by atoms with Crippen LogP contribution < -0.4 is 0 Å². The molecule has 0 saturated heterocycles. The van der Waals surface area contributed by atoms with Crippen LogP contribution in [-0.4, -0.2) is 25.7 Å². The summed E-state index contributed by atoms with van der Waals surface area (Å²) in [6.45, 7) is 0. The third-order valence-corrected chi connectivity index (χ3v) is 3.12. The Balaban J connectivity index is 2.10. The number of carboxylic acid groups (broad SMARTS) is 1. The lowest BCUT2D eigenvalue weighted by Crippen LogP contribution is -2.04. The maximum Gasteiger partial charge on any atom is 0.416 e. The number of carbonyl (C=O) groups is 1.